The lowest BCUT2D eigenvalue weighted by atomic mass is 9.75. The van der Waals surface area contributed by atoms with Crippen LogP contribution in [0.25, 0.3) is 0 Å². The van der Waals surface area contributed by atoms with Crippen molar-refractivity contribution in [3.63, 3.8) is 0 Å². The molecule has 2 aliphatic heterocycles. The van der Waals surface area contributed by atoms with Gasteiger partial charge in [-0.25, -0.2) is 0 Å². The number of carboxylic acids is 1. The van der Waals surface area contributed by atoms with E-state index in [1.54, 1.807) is 11.8 Å². The number of carbonyl (C=O) groups is 3. The number of fused-ring (bicyclic) bond motifs is 3. The number of aliphatic carboxylic acids is 1. The monoisotopic (exact) mass is 482 g/mol. The molecule has 0 saturated carbocycles. The van der Waals surface area contributed by atoms with Crippen LogP contribution in [0.1, 0.15) is 65.9 Å². The predicted octanol–water partition coefficient (Wildman–Crippen LogP) is 3.30. The van der Waals surface area contributed by atoms with Crippen molar-refractivity contribution in [1.29, 1.82) is 0 Å². The number of nitrogens with zero attached hydrogens (tertiary/aromatic N) is 1. The van der Waals surface area contributed by atoms with Gasteiger partial charge in [0, 0.05) is 11.1 Å². The Morgan fingerprint density at radius 2 is 1.91 bits per heavy atom. The van der Waals surface area contributed by atoms with Crippen LogP contribution in [0.2, 0.25) is 0 Å². The number of anilines is 1. The van der Waals surface area contributed by atoms with Crippen LogP contribution in [0.5, 0.6) is 0 Å². The molecule has 190 valence electrons. The lowest BCUT2D eigenvalue weighted by Crippen LogP contribution is -2.57. The highest BCUT2D eigenvalue weighted by Gasteiger charge is 2.60. The van der Waals surface area contributed by atoms with Crippen LogP contribution in [0.3, 0.4) is 0 Å². The van der Waals surface area contributed by atoms with Crippen molar-refractivity contribution in [2.24, 2.45) is 5.73 Å². The van der Waals surface area contributed by atoms with E-state index in [9.17, 15) is 19.5 Å². The van der Waals surface area contributed by atoms with Crippen molar-refractivity contribution in [2.45, 2.75) is 90.0 Å². The van der Waals surface area contributed by atoms with E-state index < -0.39 is 41.6 Å². The standard InChI is InChI=1S/C27H38N4O4/c1-16(2)9-8-10-17(3)13-14-27-15-22(23(32)29-19(5)25(34)35)31(24(33)18(4)28)26(27)30-21-12-7-6-11-20(21)27/h6-7,9,11-13,18-19,22,26,30H,8,10,14-15,28H2,1-5H3,(H,29,32)(H,34,35)/b17-13+/t18-,19-,22-,26+,27+/m0/s1. The molecular weight excluding hydrogens is 444 g/mol. The van der Waals surface area contributed by atoms with Gasteiger partial charge in [0.1, 0.15) is 18.2 Å². The topological polar surface area (TPSA) is 125 Å². The molecule has 0 unspecified atom stereocenters. The normalized spacial score (nSPS) is 24.6. The number of carbonyl (C=O) groups excluding carboxylic acids is 2. The van der Waals surface area contributed by atoms with E-state index in [0.717, 1.165) is 24.1 Å². The summed E-state index contributed by atoms with van der Waals surface area (Å²) in [5, 5.41) is 15.3. The fraction of sp³-hybridized carbons (Fsp3) is 0.519. The Bertz CT molecular complexity index is 1040. The van der Waals surface area contributed by atoms with Crippen LogP contribution in [0, 0.1) is 0 Å². The second-order valence-corrected chi connectivity index (χ2v) is 10.1. The fourth-order valence-electron chi connectivity index (χ4n) is 5.11. The molecule has 0 spiro atoms. The molecule has 5 N–H and O–H groups in total. The average Bonchev–Trinajstić information content (AvgIpc) is 3.28. The minimum Gasteiger partial charge on any atom is -0.480 e. The van der Waals surface area contributed by atoms with Gasteiger partial charge in [0.15, 0.2) is 0 Å². The van der Waals surface area contributed by atoms with E-state index in [4.69, 9.17) is 5.73 Å². The maximum Gasteiger partial charge on any atom is 0.325 e. The fourth-order valence-corrected chi connectivity index (χ4v) is 5.11. The number of para-hydroxylation sites is 1. The summed E-state index contributed by atoms with van der Waals surface area (Å²) >= 11 is 0. The molecule has 2 heterocycles. The van der Waals surface area contributed by atoms with Crippen LogP contribution < -0.4 is 16.4 Å². The van der Waals surface area contributed by atoms with Gasteiger partial charge in [-0.15, -0.1) is 0 Å². The molecule has 0 radical (unpaired) electrons. The lowest BCUT2D eigenvalue weighted by molar-refractivity contribution is -0.144. The van der Waals surface area contributed by atoms with Crippen molar-refractivity contribution < 1.29 is 19.5 Å². The van der Waals surface area contributed by atoms with Gasteiger partial charge in [0.2, 0.25) is 11.8 Å². The molecule has 0 aliphatic carbocycles. The van der Waals surface area contributed by atoms with Gasteiger partial charge in [-0.05, 0) is 71.9 Å². The number of allylic oxidation sites excluding steroid dienone is 4. The SMILES string of the molecule is CC(C)=CCC/C(C)=C/C[C@]12C[C@@H](C(=O)N[C@@H](C)C(=O)O)N(C(=O)[C@H](C)N)[C@H]1Nc1ccccc12. The first-order chi connectivity index (χ1) is 16.5. The maximum absolute atomic E-state index is 13.3. The third kappa shape index (κ3) is 5.42. The Balaban J connectivity index is 2.00. The number of nitrogens with two attached hydrogens (primary N) is 1. The molecule has 0 aromatic heterocycles. The lowest BCUT2D eigenvalue weighted by Gasteiger charge is -2.34. The minimum absolute atomic E-state index is 0.343. The smallest absolute Gasteiger partial charge is 0.325 e. The van der Waals surface area contributed by atoms with Crippen LogP contribution >= 0.6 is 0 Å². The van der Waals surface area contributed by atoms with Crippen molar-refractivity contribution in [3.05, 3.63) is 53.1 Å². The van der Waals surface area contributed by atoms with Crippen molar-refractivity contribution in [2.75, 3.05) is 5.32 Å². The second kappa shape index (κ2) is 10.6. The Morgan fingerprint density at radius 1 is 1.23 bits per heavy atom. The number of benzene rings is 1. The highest BCUT2D eigenvalue weighted by atomic mass is 16.4. The molecule has 35 heavy (non-hydrogen) atoms. The summed E-state index contributed by atoms with van der Waals surface area (Å²) in [6.07, 6.45) is 6.88. The number of carboxylic acid groups (broad SMARTS) is 1. The summed E-state index contributed by atoms with van der Waals surface area (Å²) in [6.45, 7) is 9.30. The van der Waals surface area contributed by atoms with E-state index in [1.165, 1.54) is 18.1 Å². The highest BCUT2D eigenvalue weighted by molar-refractivity contribution is 5.93. The number of likely N-dealkylation sites (tertiary alicyclic amines) is 1. The number of rotatable bonds is 9. The zero-order valence-electron chi connectivity index (χ0n) is 21.3. The summed E-state index contributed by atoms with van der Waals surface area (Å²) in [5.41, 5.74) is 9.99. The van der Waals surface area contributed by atoms with Crippen LogP contribution in [0.4, 0.5) is 5.69 Å². The Kier molecular flexibility index (Phi) is 8.05. The van der Waals surface area contributed by atoms with Crippen LogP contribution in [-0.2, 0) is 19.8 Å². The number of hydrogen-bond donors (Lipinski definition) is 4. The zero-order valence-corrected chi connectivity index (χ0v) is 21.3. The molecule has 5 atom stereocenters. The number of amides is 2. The number of hydrogen-bond acceptors (Lipinski definition) is 5. The third-order valence-corrected chi connectivity index (χ3v) is 7.03. The van der Waals surface area contributed by atoms with Gasteiger partial charge in [0.25, 0.3) is 0 Å². The summed E-state index contributed by atoms with van der Waals surface area (Å²) < 4.78 is 0. The van der Waals surface area contributed by atoms with E-state index in [0.29, 0.717) is 12.8 Å². The quantitative estimate of drug-likeness (QED) is 0.400. The van der Waals surface area contributed by atoms with Gasteiger partial charge in [-0.3, -0.25) is 14.4 Å². The molecule has 1 saturated heterocycles. The molecule has 8 nitrogen and oxygen atoms in total. The zero-order chi connectivity index (χ0) is 25.9. The summed E-state index contributed by atoms with van der Waals surface area (Å²) in [7, 11) is 0. The second-order valence-electron chi connectivity index (χ2n) is 10.1. The molecular formula is C27H38N4O4. The van der Waals surface area contributed by atoms with E-state index in [2.05, 4.69) is 43.6 Å². The molecule has 0 bridgehead atoms. The molecule has 3 rings (SSSR count). The first-order valence-electron chi connectivity index (χ1n) is 12.2. The van der Waals surface area contributed by atoms with Crippen molar-refractivity contribution >= 4 is 23.5 Å². The van der Waals surface area contributed by atoms with Crippen molar-refractivity contribution in [3.8, 4) is 0 Å². The molecule has 2 amide bonds. The molecule has 1 aromatic carbocycles. The van der Waals surface area contributed by atoms with E-state index in [-0.39, 0.29) is 5.91 Å². The number of nitrogens with one attached hydrogen (secondary N) is 2. The summed E-state index contributed by atoms with van der Waals surface area (Å²) in [4.78, 5) is 39.5. The van der Waals surface area contributed by atoms with Gasteiger partial charge in [0.05, 0.1) is 6.04 Å². The van der Waals surface area contributed by atoms with Gasteiger partial charge in [-0.1, -0.05) is 41.5 Å². The van der Waals surface area contributed by atoms with Gasteiger partial charge in [-0.2, -0.15) is 0 Å². The Hall–Kier alpha value is -3.13. The molecule has 1 fully saturated rings. The summed E-state index contributed by atoms with van der Waals surface area (Å²) in [6, 6.07) is 5.24. The van der Waals surface area contributed by atoms with E-state index >= 15 is 0 Å². The van der Waals surface area contributed by atoms with Gasteiger partial charge >= 0.3 is 5.97 Å². The van der Waals surface area contributed by atoms with Crippen molar-refractivity contribution in [1.82, 2.24) is 10.2 Å². The van der Waals surface area contributed by atoms with Crippen LogP contribution in [-0.4, -0.2) is 52.1 Å². The average molecular weight is 483 g/mol. The molecule has 2 aliphatic rings. The Morgan fingerprint density at radius 3 is 2.54 bits per heavy atom. The third-order valence-electron chi connectivity index (χ3n) is 7.03. The first kappa shape index (κ1) is 26.5. The predicted molar refractivity (Wildman–Crippen MR) is 137 cm³/mol. The van der Waals surface area contributed by atoms with Crippen LogP contribution in [0.15, 0.2) is 47.6 Å². The molecule has 1 aromatic rings. The largest absolute Gasteiger partial charge is 0.480 e. The minimum atomic E-state index is -1.13. The summed E-state index contributed by atoms with van der Waals surface area (Å²) in [5.74, 6) is -1.95. The maximum atomic E-state index is 13.3. The Labute approximate surface area is 207 Å². The first-order valence-corrected chi connectivity index (χ1v) is 12.2. The highest BCUT2D eigenvalue weighted by Crippen LogP contribution is 2.53. The van der Waals surface area contributed by atoms with Gasteiger partial charge < -0.3 is 26.4 Å². The van der Waals surface area contributed by atoms with E-state index in [1.807, 2.05) is 24.3 Å². The molecule has 8 heteroatoms.